The summed E-state index contributed by atoms with van der Waals surface area (Å²) in [6.45, 7) is 4.12. The molecule has 116 valence electrons. The van der Waals surface area contributed by atoms with Crippen molar-refractivity contribution in [2.45, 2.75) is 13.8 Å². The average molecular weight is 301 g/mol. The third-order valence-electron chi connectivity index (χ3n) is 3.41. The third kappa shape index (κ3) is 3.13. The summed E-state index contributed by atoms with van der Waals surface area (Å²) in [4.78, 5) is 8.57. The van der Waals surface area contributed by atoms with Gasteiger partial charge in [-0.3, -0.25) is 0 Å². The summed E-state index contributed by atoms with van der Waals surface area (Å²) < 4.78 is 0. The number of hydrogen-bond acceptors (Lipinski definition) is 4. The largest absolute Gasteiger partial charge is 0.506 e. The van der Waals surface area contributed by atoms with Gasteiger partial charge in [0.2, 0.25) is 0 Å². The quantitative estimate of drug-likeness (QED) is 0.703. The van der Waals surface area contributed by atoms with Gasteiger partial charge >= 0.3 is 0 Å². The van der Waals surface area contributed by atoms with Gasteiger partial charge in [0.1, 0.15) is 17.9 Å². The van der Waals surface area contributed by atoms with Crippen LogP contribution in [0.1, 0.15) is 11.1 Å². The number of phenolic OH excluding ortho intramolecular Hbond substituents is 1. The topological polar surface area (TPSA) is 121 Å². The summed E-state index contributed by atoms with van der Waals surface area (Å²) in [5, 5.41) is 13.9. The minimum absolute atomic E-state index is 0. The number of aromatic hydroxyl groups is 1. The number of hydrogen-bond donors (Lipinski definition) is 2. The first kappa shape index (κ1) is 17.4. The van der Waals surface area contributed by atoms with Gasteiger partial charge in [0, 0.05) is 5.39 Å². The predicted molar refractivity (Wildman–Crippen MR) is 87.6 cm³/mol. The molecule has 0 aliphatic rings. The molecule has 0 fully saturated rings. The van der Waals surface area contributed by atoms with Crippen molar-refractivity contribution in [1.82, 2.24) is 9.97 Å². The van der Waals surface area contributed by atoms with Crippen LogP contribution in [0.3, 0.4) is 0 Å². The molecule has 6 nitrogen and oxygen atoms in total. The lowest BCUT2D eigenvalue weighted by Gasteiger charge is -2.11. The van der Waals surface area contributed by atoms with Crippen LogP contribution < -0.4 is 5.32 Å². The molecule has 1 heterocycles. The first-order valence-electron chi connectivity index (χ1n) is 6.42. The van der Waals surface area contributed by atoms with Crippen LogP contribution in [0.4, 0.5) is 11.5 Å². The molecule has 0 spiro atoms. The summed E-state index contributed by atoms with van der Waals surface area (Å²) in [7, 11) is 0. The Morgan fingerprint density at radius 1 is 0.955 bits per heavy atom. The molecule has 2 aromatic carbocycles. The minimum atomic E-state index is 0. The molecule has 0 bridgehead atoms. The van der Waals surface area contributed by atoms with Gasteiger partial charge in [-0.2, -0.15) is 0 Å². The van der Waals surface area contributed by atoms with Gasteiger partial charge in [0.05, 0.1) is 11.2 Å². The highest BCUT2D eigenvalue weighted by molar-refractivity contribution is 5.92. The van der Waals surface area contributed by atoms with Gasteiger partial charge in [-0.25, -0.2) is 9.97 Å². The lowest BCUT2D eigenvalue weighted by atomic mass is 10.1. The highest BCUT2D eigenvalue weighted by Gasteiger charge is 2.07. The maximum Gasteiger partial charge on any atom is 0.141 e. The summed E-state index contributed by atoms with van der Waals surface area (Å²) >= 11 is 0. The number of nitrogens with zero attached hydrogens (tertiary/aromatic N) is 2. The smallest absolute Gasteiger partial charge is 0.141 e. The molecule has 0 aliphatic heterocycles. The fraction of sp³-hybridized carbons (Fsp3) is 0.125. The van der Waals surface area contributed by atoms with Gasteiger partial charge in [0.15, 0.2) is 0 Å². The fourth-order valence-corrected chi connectivity index (χ4v) is 2.12. The van der Waals surface area contributed by atoms with Crippen LogP contribution in [0.25, 0.3) is 10.9 Å². The van der Waals surface area contributed by atoms with Gasteiger partial charge < -0.3 is 21.4 Å². The first-order valence-corrected chi connectivity index (χ1v) is 6.42. The minimum Gasteiger partial charge on any atom is -0.506 e. The third-order valence-corrected chi connectivity index (χ3v) is 3.41. The Morgan fingerprint density at radius 2 is 1.64 bits per heavy atom. The van der Waals surface area contributed by atoms with Crippen molar-refractivity contribution >= 4 is 22.4 Å². The number of benzene rings is 2. The van der Waals surface area contributed by atoms with E-state index in [4.69, 9.17) is 0 Å². The van der Waals surface area contributed by atoms with E-state index < -0.39 is 0 Å². The van der Waals surface area contributed by atoms with Gasteiger partial charge in [-0.15, -0.1) is 0 Å². The van der Waals surface area contributed by atoms with E-state index in [1.165, 1.54) is 17.5 Å². The molecular formula is C16H19N3O3. The zero-order valence-electron chi connectivity index (χ0n) is 12.4. The molecule has 3 rings (SSSR count). The number of fused-ring (bicyclic) bond motifs is 1. The van der Waals surface area contributed by atoms with Crippen LogP contribution >= 0.6 is 0 Å². The second-order valence-electron chi connectivity index (χ2n) is 4.82. The van der Waals surface area contributed by atoms with Crippen LogP contribution in [-0.2, 0) is 0 Å². The maximum atomic E-state index is 9.84. The van der Waals surface area contributed by atoms with E-state index in [1.54, 1.807) is 12.1 Å². The van der Waals surface area contributed by atoms with E-state index in [2.05, 4.69) is 35.2 Å². The average Bonchev–Trinajstić information content (AvgIpc) is 2.43. The molecule has 0 amide bonds. The zero-order valence-corrected chi connectivity index (χ0v) is 12.4. The lowest BCUT2D eigenvalue weighted by Crippen LogP contribution is -1.97. The van der Waals surface area contributed by atoms with Crippen LogP contribution in [0.2, 0.25) is 0 Å². The molecule has 0 radical (unpaired) electrons. The molecular weight excluding hydrogens is 282 g/mol. The molecule has 6 N–H and O–H groups in total. The summed E-state index contributed by atoms with van der Waals surface area (Å²) in [5.74, 6) is 0.891. The maximum absolute atomic E-state index is 9.84. The van der Waals surface area contributed by atoms with Crippen molar-refractivity contribution in [2.24, 2.45) is 0 Å². The normalized spacial score (nSPS) is 9.73. The first-order chi connectivity index (χ1) is 9.65. The standard InChI is InChI=1S/C16H15N3O.2H2O/c1-10-7-12-14(8-11(10)2)17-9-18-16(12)19-13-5-3-4-6-15(13)20;;/h3-9,20H,1-2H3,(H,17,18,19);2*1H2. The van der Waals surface area contributed by atoms with Crippen molar-refractivity contribution in [3.05, 3.63) is 53.9 Å². The molecule has 0 saturated heterocycles. The van der Waals surface area contributed by atoms with E-state index in [1.807, 2.05) is 18.2 Å². The van der Waals surface area contributed by atoms with Crippen LogP contribution in [0.15, 0.2) is 42.7 Å². The van der Waals surface area contributed by atoms with E-state index in [9.17, 15) is 5.11 Å². The lowest BCUT2D eigenvalue weighted by molar-refractivity contribution is 0.477. The Hall–Kier alpha value is -2.70. The van der Waals surface area contributed by atoms with E-state index in [0.717, 1.165) is 10.9 Å². The molecule has 22 heavy (non-hydrogen) atoms. The van der Waals surface area contributed by atoms with Gasteiger partial charge in [-0.1, -0.05) is 12.1 Å². The van der Waals surface area contributed by atoms with Crippen LogP contribution in [0, 0.1) is 13.8 Å². The number of aryl methyl sites for hydroxylation is 2. The van der Waals surface area contributed by atoms with Crippen molar-refractivity contribution < 1.29 is 16.1 Å². The number of nitrogens with one attached hydrogen (secondary N) is 1. The number of aromatic nitrogens is 2. The van der Waals surface area contributed by atoms with Crippen LogP contribution in [0.5, 0.6) is 5.75 Å². The van der Waals surface area contributed by atoms with E-state index in [0.29, 0.717) is 11.5 Å². The molecule has 0 aliphatic carbocycles. The fourth-order valence-electron chi connectivity index (χ4n) is 2.12. The molecule has 1 aromatic heterocycles. The van der Waals surface area contributed by atoms with Crippen LogP contribution in [-0.4, -0.2) is 26.0 Å². The Kier molecular flexibility index (Phi) is 5.39. The summed E-state index contributed by atoms with van der Waals surface area (Å²) in [5.41, 5.74) is 3.91. The molecule has 0 unspecified atom stereocenters. The number of phenols is 1. The molecule has 0 atom stereocenters. The van der Waals surface area contributed by atoms with Crippen molar-refractivity contribution in [2.75, 3.05) is 5.32 Å². The summed E-state index contributed by atoms with van der Waals surface area (Å²) in [6.07, 6.45) is 1.53. The Morgan fingerprint density at radius 3 is 2.36 bits per heavy atom. The van der Waals surface area contributed by atoms with Crippen molar-refractivity contribution in [3.63, 3.8) is 0 Å². The number of rotatable bonds is 2. The Balaban J connectivity index is 0.00000121. The number of para-hydroxylation sites is 2. The van der Waals surface area contributed by atoms with Gasteiger partial charge in [0.25, 0.3) is 0 Å². The summed E-state index contributed by atoms with van der Waals surface area (Å²) in [6, 6.07) is 11.2. The predicted octanol–water partition coefficient (Wildman–Crippen LogP) is 2.05. The highest BCUT2D eigenvalue weighted by atomic mass is 16.3. The van der Waals surface area contributed by atoms with Crippen molar-refractivity contribution in [1.29, 1.82) is 0 Å². The Bertz CT molecular complexity index is 791. The Labute approximate surface area is 128 Å². The highest BCUT2D eigenvalue weighted by Crippen LogP contribution is 2.29. The zero-order chi connectivity index (χ0) is 14.1. The van der Waals surface area contributed by atoms with E-state index in [-0.39, 0.29) is 16.7 Å². The molecule has 6 heteroatoms. The second-order valence-corrected chi connectivity index (χ2v) is 4.82. The van der Waals surface area contributed by atoms with Crippen molar-refractivity contribution in [3.8, 4) is 5.75 Å². The van der Waals surface area contributed by atoms with Gasteiger partial charge in [-0.05, 0) is 49.2 Å². The van der Waals surface area contributed by atoms with E-state index >= 15 is 0 Å². The number of anilines is 2. The molecule has 3 aromatic rings. The molecule has 0 saturated carbocycles. The SMILES string of the molecule is Cc1cc2ncnc(Nc3ccccc3O)c2cc1C.O.O. The monoisotopic (exact) mass is 301 g/mol. The second kappa shape index (κ2) is 6.84.